The van der Waals surface area contributed by atoms with E-state index in [1.165, 1.54) is 6.07 Å². The van der Waals surface area contributed by atoms with Gasteiger partial charge in [0.25, 0.3) is 0 Å². The van der Waals surface area contributed by atoms with Crippen LogP contribution in [0.15, 0.2) is 33.5 Å². The Morgan fingerprint density at radius 2 is 2.19 bits per heavy atom. The molecule has 0 aliphatic rings. The predicted octanol–water partition coefficient (Wildman–Crippen LogP) is 2.29. The highest BCUT2D eigenvalue weighted by Crippen LogP contribution is 2.23. The van der Waals surface area contributed by atoms with Crippen LogP contribution in [-0.2, 0) is 4.74 Å². The zero-order valence-electron chi connectivity index (χ0n) is 11.8. The molecule has 1 aromatic heterocycles. The van der Waals surface area contributed by atoms with Gasteiger partial charge in [-0.2, -0.15) is 0 Å². The van der Waals surface area contributed by atoms with Crippen LogP contribution in [0.5, 0.6) is 5.75 Å². The first-order valence-electron chi connectivity index (χ1n) is 6.57. The number of ether oxygens (including phenoxy) is 2. The van der Waals surface area contributed by atoms with E-state index in [0.29, 0.717) is 12.4 Å². The largest absolute Gasteiger partial charge is 0.490 e. The number of carbonyl (C=O) groups is 1. The maximum absolute atomic E-state index is 12.1. The number of aromatic carboxylic acids is 1. The van der Waals surface area contributed by atoms with Gasteiger partial charge in [-0.25, -0.2) is 4.79 Å². The summed E-state index contributed by atoms with van der Waals surface area (Å²) in [7, 11) is 0. The topological polar surface area (TPSA) is 86.0 Å². The van der Waals surface area contributed by atoms with Crippen molar-refractivity contribution in [2.75, 3.05) is 13.2 Å². The summed E-state index contributed by atoms with van der Waals surface area (Å²) < 4.78 is 16.1. The molecule has 0 aliphatic carbocycles. The monoisotopic (exact) mass is 292 g/mol. The summed E-state index contributed by atoms with van der Waals surface area (Å²) in [6.45, 7) is 4.60. The number of carboxylic acid groups (broad SMARTS) is 1. The number of fused-ring (bicyclic) bond motifs is 1. The van der Waals surface area contributed by atoms with Gasteiger partial charge in [-0.1, -0.05) is 6.07 Å². The first kappa shape index (κ1) is 15.1. The lowest BCUT2D eigenvalue weighted by molar-refractivity contribution is 0.0406. The van der Waals surface area contributed by atoms with Crippen molar-refractivity contribution in [2.45, 2.75) is 20.0 Å². The standard InChI is InChI=1S/C15H16O6/c1-3-19-9(2)8-20-11-5-4-6-12-14(11)10(16)7-13(21-12)15(17)18/h4-7,9H,3,8H2,1-2H3,(H,17,18). The van der Waals surface area contributed by atoms with Crippen LogP contribution in [-0.4, -0.2) is 30.4 Å². The van der Waals surface area contributed by atoms with Crippen LogP contribution in [0.2, 0.25) is 0 Å². The average Bonchev–Trinajstić information content (AvgIpc) is 2.44. The SMILES string of the molecule is CCOC(C)COc1cccc2oc(C(=O)O)cc(=O)c12. The smallest absolute Gasteiger partial charge is 0.371 e. The summed E-state index contributed by atoms with van der Waals surface area (Å²) in [6, 6.07) is 5.75. The van der Waals surface area contributed by atoms with Crippen LogP contribution in [0.3, 0.4) is 0 Å². The summed E-state index contributed by atoms with van der Waals surface area (Å²) in [5.74, 6) is -1.33. The Bertz CT molecular complexity index is 703. The second-order valence-corrected chi connectivity index (χ2v) is 4.49. The van der Waals surface area contributed by atoms with Gasteiger partial charge in [-0.3, -0.25) is 4.79 Å². The molecule has 0 saturated heterocycles. The van der Waals surface area contributed by atoms with E-state index in [0.717, 1.165) is 6.07 Å². The molecule has 6 heteroatoms. The van der Waals surface area contributed by atoms with E-state index in [2.05, 4.69) is 0 Å². The molecule has 1 atom stereocenters. The molecular weight excluding hydrogens is 276 g/mol. The van der Waals surface area contributed by atoms with Crippen molar-refractivity contribution < 1.29 is 23.8 Å². The quantitative estimate of drug-likeness (QED) is 0.879. The number of benzene rings is 1. The zero-order valence-corrected chi connectivity index (χ0v) is 11.8. The number of hydrogen-bond donors (Lipinski definition) is 1. The third kappa shape index (κ3) is 3.41. The van der Waals surface area contributed by atoms with E-state index < -0.39 is 17.2 Å². The minimum Gasteiger partial charge on any atom is -0.490 e. The molecule has 1 heterocycles. The molecule has 112 valence electrons. The highest BCUT2D eigenvalue weighted by Gasteiger charge is 2.14. The maximum atomic E-state index is 12.1. The predicted molar refractivity (Wildman–Crippen MR) is 76.0 cm³/mol. The van der Waals surface area contributed by atoms with Crippen LogP contribution in [0.1, 0.15) is 24.4 Å². The van der Waals surface area contributed by atoms with E-state index >= 15 is 0 Å². The molecule has 21 heavy (non-hydrogen) atoms. The molecule has 0 fully saturated rings. The number of carboxylic acids is 1. The Balaban J connectivity index is 2.37. The van der Waals surface area contributed by atoms with Crippen LogP contribution >= 0.6 is 0 Å². The number of hydrogen-bond acceptors (Lipinski definition) is 5. The van der Waals surface area contributed by atoms with Gasteiger partial charge in [-0.05, 0) is 26.0 Å². The first-order valence-corrected chi connectivity index (χ1v) is 6.57. The van der Waals surface area contributed by atoms with Crippen molar-refractivity contribution in [1.82, 2.24) is 0 Å². The molecule has 1 N–H and O–H groups in total. The second kappa shape index (κ2) is 6.41. The average molecular weight is 292 g/mol. The van der Waals surface area contributed by atoms with E-state index in [1.807, 2.05) is 13.8 Å². The molecule has 0 aliphatic heterocycles. The van der Waals surface area contributed by atoms with Gasteiger partial charge < -0.3 is 19.0 Å². The van der Waals surface area contributed by atoms with Crippen molar-refractivity contribution in [3.63, 3.8) is 0 Å². The van der Waals surface area contributed by atoms with Crippen LogP contribution in [0.4, 0.5) is 0 Å². The summed E-state index contributed by atoms with van der Waals surface area (Å²) in [5.41, 5.74) is -0.269. The summed E-state index contributed by atoms with van der Waals surface area (Å²) in [6.07, 6.45) is -0.115. The highest BCUT2D eigenvalue weighted by atomic mass is 16.5. The van der Waals surface area contributed by atoms with Crippen molar-refractivity contribution in [3.05, 3.63) is 40.2 Å². The Morgan fingerprint density at radius 1 is 1.43 bits per heavy atom. The Kier molecular flexibility index (Phi) is 4.59. The fourth-order valence-electron chi connectivity index (χ4n) is 1.94. The summed E-state index contributed by atoms with van der Waals surface area (Å²) >= 11 is 0. The van der Waals surface area contributed by atoms with Crippen molar-refractivity contribution in [1.29, 1.82) is 0 Å². The van der Waals surface area contributed by atoms with Gasteiger partial charge in [0.1, 0.15) is 23.3 Å². The molecular formula is C15H16O6. The minimum atomic E-state index is -1.29. The molecule has 0 radical (unpaired) electrons. The van der Waals surface area contributed by atoms with Gasteiger partial charge in [0.2, 0.25) is 5.76 Å². The molecule has 6 nitrogen and oxygen atoms in total. The Hall–Kier alpha value is -2.34. The Labute approximate surface area is 120 Å². The maximum Gasteiger partial charge on any atom is 0.371 e. The third-order valence-electron chi connectivity index (χ3n) is 2.85. The molecule has 0 amide bonds. The third-order valence-corrected chi connectivity index (χ3v) is 2.85. The van der Waals surface area contributed by atoms with Crippen molar-refractivity contribution in [2.24, 2.45) is 0 Å². The van der Waals surface area contributed by atoms with Crippen molar-refractivity contribution >= 4 is 16.9 Å². The van der Waals surface area contributed by atoms with Gasteiger partial charge in [0.15, 0.2) is 5.43 Å². The van der Waals surface area contributed by atoms with Crippen LogP contribution < -0.4 is 10.2 Å². The lowest BCUT2D eigenvalue weighted by Crippen LogP contribution is -2.18. The Morgan fingerprint density at radius 3 is 2.86 bits per heavy atom. The molecule has 0 spiro atoms. The zero-order chi connectivity index (χ0) is 15.4. The fraction of sp³-hybridized carbons (Fsp3) is 0.333. The normalized spacial score (nSPS) is 12.3. The van der Waals surface area contributed by atoms with Gasteiger partial charge in [0, 0.05) is 12.7 Å². The first-order chi connectivity index (χ1) is 10.0. The number of rotatable bonds is 6. The molecule has 0 saturated carbocycles. The summed E-state index contributed by atoms with van der Waals surface area (Å²) in [4.78, 5) is 22.9. The molecule has 0 bridgehead atoms. The van der Waals surface area contributed by atoms with Crippen molar-refractivity contribution in [3.8, 4) is 5.75 Å². The molecule has 1 unspecified atom stereocenters. The van der Waals surface area contributed by atoms with E-state index in [1.54, 1.807) is 12.1 Å². The van der Waals surface area contributed by atoms with Gasteiger partial charge >= 0.3 is 5.97 Å². The minimum absolute atomic E-state index is 0.115. The molecule has 2 aromatic rings. The van der Waals surface area contributed by atoms with Gasteiger partial charge in [0.05, 0.1) is 6.10 Å². The van der Waals surface area contributed by atoms with E-state index in [9.17, 15) is 9.59 Å². The fourth-order valence-corrected chi connectivity index (χ4v) is 1.94. The second-order valence-electron chi connectivity index (χ2n) is 4.49. The summed E-state index contributed by atoms with van der Waals surface area (Å²) in [5, 5.41) is 9.12. The van der Waals surface area contributed by atoms with Crippen LogP contribution in [0.25, 0.3) is 11.0 Å². The van der Waals surface area contributed by atoms with E-state index in [4.69, 9.17) is 19.0 Å². The molecule has 2 rings (SSSR count). The molecule has 1 aromatic carbocycles. The lowest BCUT2D eigenvalue weighted by Gasteiger charge is -2.14. The van der Waals surface area contributed by atoms with Crippen LogP contribution in [0, 0.1) is 0 Å². The highest BCUT2D eigenvalue weighted by molar-refractivity contribution is 5.89. The van der Waals surface area contributed by atoms with E-state index in [-0.39, 0.29) is 23.7 Å². The van der Waals surface area contributed by atoms with Gasteiger partial charge in [-0.15, -0.1) is 0 Å². The lowest BCUT2D eigenvalue weighted by atomic mass is 10.2.